The molecule has 18 heavy (non-hydrogen) atoms. The molecule has 0 amide bonds. The highest BCUT2D eigenvalue weighted by Crippen LogP contribution is 2.49. The average Bonchev–Trinajstić information content (AvgIpc) is 2.39. The third-order valence-electron chi connectivity index (χ3n) is 5.21. The molecule has 0 bridgehead atoms. The molecule has 0 aromatic rings. The summed E-state index contributed by atoms with van der Waals surface area (Å²) in [7, 11) is 0. The van der Waals surface area contributed by atoms with Crippen molar-refractivity contribution in [3.63, 3.8) is 0 Å². The van der Waals surface area contributed by atoms with Crippen LogP contribution in [0.15, 0.2) is 0 Å². The van der Waals surface area contributed by atoms with E-state index in [0.717, 1.165) is 19.3 Å². The fraction of sp³-hybridized carbons (Fsp3) is 1.00. The van der Waals surface area contributed by atoms with E-state index in [0.29, 0.717) is 39.2 Å². The molecule has 2 atom stereocenters. The van der Waals surface area contributed by atoms with E-state index in [2.05, 4.69) is 13.8 Å². The van der Waals surface area contributed by atoms with Gasteiger partial charge >= 0.3 is 0 Å². The smallest absolute Gasteiger partial charge is 0.0766 e. The van der Waals surface area contributed by atoms with Crippen molar-refractivity contribution in [1.29, 1.82) is 0 Å². The maximum absolute atomic E-state index is 11.2. The number of nitrogens with two attached hydrogens (primary N) is 1. The second-order valence-corrected chi connectivity index (χ2v) is 6.21. The molecule has 106 valence electrons. The molecule has 0 saturated carbocycles. The van der Waals surface area contributed by atoms with E-state index in [1.807, 2.05) is 0 Å². The molecular formula is C14H27NO3. The quantitative estimate of drug-likeness (QED) is 0.803. The van der Waals surface area contributed by atoms with Crippen molar-refractivity contribution in [3.05, 3.63) is 0 Å². The summed E-state index contributed by atoms with van der Waals surface area (Å²) in [5.41, 5.74) is 4.92. The largest absolute Gasteiger partial charge is 0.389 e. The maximum atomic E-state index is 11.2. The molecule has 4 heteroatoms. The van der Waals surface area contributed by atoms with E-state index in [4.69, 9.17) is 15.2 Å². The molecule has 2 fully saturated rings. The van der Waals surface area contributed by atoms with Gasteiger partial charge < -0.3 is 20.3 Å². The van der Waals surface area contributed by atoms with Crippen molar-refractivity contribution in [2.45, 2.75) is 57.2 Å². The molecule has 2 heterocycles. The van der Waals surface area contributed by atoms with Crippen LogP contribution in [0.1, 0.15) is 46.0 Å². The number of aliphatic hydroxyl groups is 1. The number of hydrogen-bond donors (Lipinski definition) is 2. The van der Waals surface area contributed by atoms with Crippen LogP contribution in [0.3, 0.4) is 0 Å². The average molecular weight is 257 g/mol. The van der Waals surface area contributed by atoms with Crippen LogP contribution in [-0.4, -0.2) is 42.7 Å². The number of hydrogen-bond acceptors (Lipinski definition) is 4. The van der Waals surface area contributed by atoms with Crippen molar-refractivity contribution in [2.24, 2.45) is 11.1 Å². The highest BCUT2D eigenvalue weighted by molar-refractivity contribution is 5.05. The van der Waals surface area contributed by atoms with E-state index in [-0.39, 0.29) is 11.0 Å². The van der Waals surface area contributed by atoms with Crippen LogP contribution in [-0.2, 0) is 9.47 Å². The summed E-state index contributed by atoms with van der Waals surface area (Å²) in [5.74, 6) is 0. The summed E-state index contributed by atoms with van der Waals surface area (Å²) < 4.78 is 11.3. The van der Waals surface area contributed by atoms with Crippen molar-refractivity contribution >= 4 is 0 Å². The van der Waals surface area contributed by atoms with Crippen LogP contribution in [0, 0.1) is 5.41 Å². The van der Waals surface area contributed by atoms with Crippen LogP contribution in [0.2, 0.25) is 0 Å². The van der Waals surface area contributed by atoms with Crippen LogP contribution < -0.4 is 5.73 Å². The molecular weight excluding hydrogens is 230 g/mol. The Labute approximate surface area is 110 Å². The Morgan fingerprint density at radius 3 is 2.39 bits per heavy atom. The first-order valence-corrected chi connectivity index (χ1v) is 7.13. The van der Waals surface area contributed by atoms with Crippen LogP contribution in [0.25, 0.3) is 0 Å². The highest BCUT2D eigenvalue weighted by atomic mass is 16.5. The monoisotopic (exact) mass is 257 g/mol. The van der Waals surface area contributed by atoms with Gasteiger partial charge in [0.05, 0.1) is 17.8 Å². The number of rotatable bonds is 3. The topological polar surface area (TPSA) is 64.7 Å². The fourth-order valence-corrected chi connectivity index (χ4v) is 3.53. The van der Waals surface area contributed by atoms with Gasteiger partial charge in [-0.3, -0.25) is 0 Å². The van der Waals surface area contributed by atoms with Crippen LogP contribution in [0.4, 0.5) is 0 Å². The van der Waals surface area contributed by atoms with Gasteiger partial charge in [-0.15, -0.1) is 0 Å². The molecule has 3 N–H and O–H groups in total. The zero-order valence-corrected chi connectivity index (χ0v) is 11.7. The summed E-state index contributed by atoms with van der Waals surface area (Å²) in [6.07, 6.45) is 4.03. The molecule has 2 aliphatic heterocycles. The van der Waals surface area contributed by atoms with Gasteiger partial charge in [0.1, 0.15) is 0 Å². The third-order valence-corrected chi connectivity index (χ3v) is 5.21. The lowest BCUT2D eigenvalue weighted by Gasteiger charge is -2.54. The maximum Gasteiger partial charge on any atom is 0.0766 e. The number of ether oxygens (including phenoxy) is 2. The second-order valence-electron chi connectivity index (χ2n) is 6.21. The van der Waals surface area contributed by atoms with E-state index in [1.165, 1.54) is 0 Å². The zero-order chi connectivity index (χ0) is 13.3. The summed E-state index contributed by atoms with van der Waals surface area (Å²) in [5, 5.41) is 11.2. The fourth-order valence-electron chi connectivity index (χ4n) is 3.53. The van der Waals surface area contributed by atoms with E-state index >= 15 is 0 Å². The van der Waals surface area contributed by atoms with Gasteiger partial charge in [0.15, 0.2) is 0 Å². The van der Waals surface area contributed by atoms with E-state index in [1.54, 1.807) is 0 Å². The van der Waals surface area contributed by atoms with Gasteiger partial charge in [-0.25, -0.2) is 0 Å². The lowest BCUT2D eigenvalue weighted by molar-refractivity contribution is -0.215. The van der Waals surface area contributed by atoms with Gasteiger partial charge in [0.25, 0.3) is 0 Å². The molecule has 2 unspecified atom stereocenters. The SMILES string of the molecule is CCC1(C)CC(O)(C2(CN)CCOCC2)CCO1. The summed E-state index contributed by atoms with van der Waals surface area (Å²) >= 11 is 0. The van der Waals surface area contributed by atoms with E-state index < -0.39 is 5.60 Å². The first-order valence-electron chi connectivity index (χ1n) is 7.13. The minimum absolute atomic E-state index is 0.189. The lowest BCUT2D eigenvalue weighted by Crippen LogP contribution is -2.61. The predicted molar refractivity (Wildman–Crippen MR) is 70.4 cm³/mol. The normalized spacial score (nSPS) is 40.7. The Bertz CT molecular complexity index is 291. The van der Waals surface area contributed by atoms with Crippen molar-refractivity contribution in [2.75, 3.05) is 26.4 Å². The predicted octanol–water partition coefficient (Wildman–Crippen LogP) is 1.45. The second kappa shape index (κ2) is 5.08. The lowest BCUT2D eigenvalue weighted by atomic mass is 9.61. The minimum atomic E-state index is -0.700. The molecule has 0 radical (unpaired) electrons. The molecule has 2 aliphatic rings. The van der Waals surface area contributed by atoms with Gasteiger partial charge in [-0.05, 0) is 26.2 Å². The Kier molecular flexibility index (Phi) is 4.02. The van der Waals surface area contributed by atoms with Gasteiger partial charge in [0.2, 0.25) is 0 Å². The highest BCUT2D eigenvalue weighted by Gasteiger charge is 2.54. The standard InChI is InChI=1S/C14H27NO3/c1-3-12(2)10-14(16,6-9-18-12)13(11-15)4-7-17-8-5-13/h16H,3-11,15H2,1-2H3. The summed E-state index contributed by atoms with van der Waals surface area (Å²) in [4.78, 5) is 0. The Balaban J connectivity index is 2.22. The van der Waals surface area contributed by atoms with Gasteiger partial charge in [-0.2, -0.15) is 0 Å². The van der Waals surface area contributed by atoms with Gasteiger partial charge in [0, 0.05) is 38.0 Å². The van der Waals surface area contributed by atoms with Crippen molar-refractivity contribution in [1.82, 2.24) is 0 Å². The van der Waals surface area contributed by atoms with Crippen LogP contribution >= 0.6 is 0 Å². The van der Waals surface area contributed by atoms with Crippen LogP contribution in [0.5, 0.6) is 0 Å². The Hall–Kier alpha value is -0.160. The summed E-state index contributed by atoms with van der Waals surface area (Å²) in [6, 6.07) is 0. The summed E-state index contributed by atoms with van der Waals surface area (Å²) in [6.45, 7) is 6.80. The molecule has 2 saturated heterocycles. The van der Waals surface area contributed by atoms with Gasteiger partial charge in [-0.1, -0.05) is 6.92 Å². The molecule has 0 spiro atoms. The molecule has 2 rings (SSSR count). The third kappa shape index (κ3) is 2.31. The molecule has 4 nitrogen and oxygen atoms in total. The molecule has 0 aromatic heterocycles. The Morgan fingerprint density at radius 2 is 1.83 bits per heavy atom. The zero-order valence-electron chi connectivity index (χ0n) is 11.7. The molecule has 0 aliphatic carbocycles. The first kappa shape index (κ1) is 14.3. The Morgan fingerprint density at radius 1 is 1.17 bits per heavy atom. The van der Waals surface area contributed by atoms with Crippen molar-refractivity contribution < 1.29 is 14.6 Å². The van der Waals surface area contributed by atoms with Crippen molar-refractivity contribution in [3.8, 4) is 0 Å². The first-order chi connectivity index (χ1) is 8.49. The van der Waals surface area contributed by atoms with E-state index in [9.17, 15) is 5.11 Å². The minimum Gasteiger partial charge on any atom is -0.389 e. The molecule has 0 aromatic carbocycles.